The van der Waals surface area contributed by atoms with Crippen LogP contribution in [-0.4, -0.2) is 32.6 Å². The number of aromatic nitrogens is 3. The smallest absolute Gasteiger partial charge is 0.350 e. The van der Waals surface area contributed by atoms with Crippen LogP contribution in [0, 0.1) is 0 Å². The molecular formula is C22H24N4O2S. The number of para-hydroxylation sites is 1. The molecule has 1 aromatic heterocycles. The first kappa shape index (κ1) is 19.5. The van der Waals surface area contributed by atoms with Crippen LogP contribution in [0.4, 0.5) is 0 Å². The zero-order valence-corrected chi connectivity index (χ0v) is 17.0. The lowest BCUT2D eigenvalue weighted by Crippen LogP contribution is -2.32. The van der Waals surface area contributed by atoms with Crippen molar-refractivity contribution in [3.8, 4) is 5.69 Å². The van der Waals surface area contributed by atoms with Gasteiger partial charge >= 0.3 is 5.69 Å². The van der Waals surface area contributed by atoms with E-state index in [4.69, 9.17) is 0 Å². The summed E-state index contributed by atoms with van der Waals surface area (Å²) in [6.07, 6.45) is 2.14. The van der Waals surface area contributed by atoms with Gasteiger partial charge in [0.15, 0.2) is 0 Å². The van der Waals surface area contributed by atoms with Gasteiger partial charge in [-0.3, -0.25) is 4.79 Å². The van der Waals surface area contributed by atoms with E-state index in [1.807, 2.05) is 48.5 Å². The second-order valence-electron chi connectivity index (χ2n) is 7.14. The van der Waals surface area contributed by atoms with E-state index < -0.39 is 0 Å². The van der Waals surface area contributed by atoms with Crippen LogP contribution in [-0.2, 0) is 17.1 Å². The van der Waals surface area contributed by atoms with E-state index in [1.54, 1.807) is 16.3 Å². The summed E-state index contributed by atoms with van der Waals surface area (Å²) in [5, 5.41) is 7.45. The predicted octanol–water partition coefficient (Wildman–Crippen LogP) is 2.96. The summed E-state index contributed by atoms with van der Waals surface area (Å²) in [6, 6.07) is 19.7. The Morgan fingerprint density at radius 3 is 2.45 bits per heavy atom. The number of amides is 1. The number of nitrogens with one attached hydrogen (secondary N) is 1. The average Bonchev–Trinajstić information content (AvgIpc) is 3.54. The molecule has 0 spiro atoms. The first-order chi connectivity index (χ1) is 14.2. The van der Waals surface area contributed by atoms with Gasteiger partial charge in [-0.25, -0.2) is 14.0 Å². The summed E-state index contributed by atoms with van der Waals surface area (Å²) >= 11 is 1.58. The zero-order valence-electron chi connectivity index (χ0n) is 16.2. The first-order valence-corrected chi connectivity index (χ1v) is 11.0. The molecule has 1 aliphatic carbocycles. The van der Waals surface area contributed by atoms with Gasteiger partial charge in [-0.2, -0.15) is 5.10 Å². The Balaban J connectivity index is 1.32. The zero-order chi connectivity index (χ0) is 20.1. The Labute approximate surface area is 173 Å². The van der Waals surface area contributed by atoms with Gasteiger partial charge in [0.25, 0.3) is 0 Å². The number of hydrogen-bond acceptors (Lipinski definition) is 4. The van der Waals surface area contributed by atoms with Crippen molar-refractivity contribution in [1.82, 2.24) is 19.7 Å². The van der Waals surface area contributed by atoms with Crippen LogP contribution >= 0.6 is 11.8 Å². The Bertz CT molecular complexity index is 1010. The topological polar surface area (TPSA) is 68.9 Å². The van der Waals surface area contributed by atoms with Crippen molar-refractivity contribution in [2.75, 3.05) is 12.3 Å². The quantitative estimate of drug-likeness (QED) is 0.591. The first-order valence-electron chi connectivity index (χ1n) is 9.86. The van der Waals surface area contributed by atoms with Gasteiger partial charge in [-0.1, -0.05) is 48.5 Å². The Morgan fingerprint density at radius 2 is 1.76 bits per heavy atom. The normalized spacial score (nSPS) is 13.4. The average molecular weight is 409 g/mol. The Hall–Kier alpha value is -2.80. The van der Waals surface area contributed by atoms with E-state index in [-0.39, 0.29) is 11.6 Å². The number of hydrogen-bond donors (Lipinski definition) is 1. The Morgan fingerprint density at radius 1 is 1.07 bits per heavy atom. The van der Waals surface area contributed by atoms with Gasteiger partial charge in [0.05, 0.1) is 18.0 Å². The maximum atomic E-state index is 12.9. The third-order valence-corrected chi connectivity index (χ3v) is 5.82. The van der Waals surface area contributed by atoms with E-state index >= 15 is 0 Å². The molecule has 7 heteroatoms. The van der Waals surface area contributed by atoms with E-state index in [1.165, 1.54) is 10.2 Å². The highest BCUT2D eigenvalue weighted by Gasteiger charge is 2.31. The van der Waals surface area contributed by atoms with Crippen molar-refractivity contribution in [3.63, 3.8) is 0 Å². The summed E-state index contributed by atoms with van der Waals surface area (Å²) < 4.78 is 3.17. The summed E-state index contributed by atoms with van der Waals surface area (Å²) in [5.74, 6) is 2.36. The highest BCUT2D eigenvalue weighted by Crippen LogP contribution is 2.39. The molecule has 1 aliphatic rings. The minimum absolute atomic E-state index is 0.0242. The predicted molar refractivity (Wildman–Crippen MR) is 115 cm³/mol. The maximum absolute atomic E-state index is 12.9. The lowest BCUT2D eigenvalue weighted by molar-refractivity contribution is -0.118. The van der Waals surface area contributed by atoms with Crippen LogP contribution in [0.2, 0.25) is 0 Å². The highest BCUT2D eigenvalue weighted by molar-refractivity contribution is 7.99. The molecule has 1 saturated carbocycles. The van der Waals surface area contributed by atoms with Crippen molar-refractivity contribution in [2.45, 2.75) is 31.1 Å². The maximum Gasteiger partial charge on any atom is 0.350 e. The van der Waals surface area contributed by atoms with Crippen LogP contribution < -0.4 is 11.0 Å². The van der Waals surface area contributed by atoms with Gasteiger partial charge in [-0.05, 0) is 30.5 Å². The molecule has 1 fully saturated rings. The Kier molecular flexibility index (Phi) is 6.14. The molecule has 1 heterocycles. The SMILES string of the molecule is O=C(CSCc1ccccc1)NCCn1nc(C2CC2)n(-c2ccccc2)c1=O. The molecule has 1 N–H and O–H groups in total. The van der Waals surface area contributed by atoms with Crippen LogP contribution in [0.3, 0.4) is 0 Å². The van der Waals surface area contributed by atoms with Crippen LogP contribution in [0.1, 0.15) is 30.1 Å². The van der Waals surface area contributed by atoms with E-state index in [9.17, 15) is 9.59 Å². The number of thioether (sulfide) groups is 1. The van der Waals surface area contributed by atoms with Gasteiger partial charge in [0.2, 0.25) is 5.91 Å². The molecule has 29 heavy (non-hydrogen) atoms. The summed E-state index contributed by atoms with van der Waals surface area (Å²) in [6.45, 7) is 0.758. The van der Waals surface area contributed by atoms with E-state index in [2.05, 4.69) is 22.5 Å². The standard InChI is InChI=1S/C22H24N4O2S/c27-20(16-29-15-17-7-3-1-4-8-17)23-13-14-25-22(28)26(19-9-5-2-6-10-19)21(24-25)18-11-12-18/h1-10,18H,11-16H2,(H,23,27). The van der Waals surface area contributed by atoms with E-state index in [0.29, 0.717) is 24.8 Å². The molecule has 3 aromatic rings. The van der Waals surface area contributed by atoms with Crippen molar-refractivity contribution < 1.29 is 4.79 Å². The fraction of sp³-hybridized carbons (Fsp3) is 0.318. The molecule has 0 bridgehead atoms. The minimum atomic E-state index is -0.147. The van der Waals surface area contributed by atoms with Crippen LogP contribution in [0.25, 0.3) is 5.69 Å². The second kappa shape index (κ2) is 9.13. The monoisotopic (exact) mass is 408 g/mol. The molecule has 150 valence electrons. The molecule has 1 amide bonds. The van der Waals surface area contributed by atoms with Gasteiger partial charge in [0, 0.05) is 18.2 Å². The van der Waals surface area contributed by atoms with Crippen molar-refractivity contribution in [1.29, 1.82) is 0 Å². The molecule has 0 radical (unpaired) electrons. The van der Waals surface area contributed by atoms with Gasteiger partial charge < -0.3 is 5.32 Å². The summed E-state index contributed by atoms with van der Waals surface area (Å²) in [4.78, 5) is 24.9. The third kappa shape index (κ3) is 4.98. The number of carbonyl (C=O) groups is 1. The third-order valence-electron chi connectivity index (χ3n) is 4.81. The lowest BCUT2D eigenvalue weighted by Gasteiger charge is -2.05. The largest absolute Gasteiger partial charge is 0.354 e. The molecule has 2 aromatic carbocycles. The number of carbonyl (C=O) groups excluding carboxylic acids is 1. The molecule has 0 aliphatic heterocycles. The van der Waals surface area contributed by atoms with Gasteiger partial charge in [0.1, 0.15) is 5.82 Å². The fourth-order valence-electron chi connectivity index (χ4n) is 3.18. The minimum Gasteiger partial charge on any atom is -0.354 e. The fourth-order valence-corrected chi connectivity index (χ4v) is 4.00. The molecule has 6 nitrogen and oxygen atoms in total. The second-order valence-corrected chi connectivity index (χ2v) is 8.12. The lowest BCUT2D eigenvalue weighted by atomic mass is 10.2. The molecule has 0 atom stereocenters. The highest BCUT2D eigenvalue weighted by atomic mass is 32.2. The van der Waals surface area contributed by atoms with E-state index in [0.717, 1.165) is 30.1 Å². The molecular weight excluding hydrogens is 384 g/mol. The van der Waals surface area contributed by atoms with Crippen LogP contribution in [0.5, 0.6) is 0 Å². The molecule has 0 saturated heterocycles. The summed E-state index contributed by atoms with van der Waals surface area (Å²) in [7, 11) is 0. The van der Waals surface area contributed by atoms with Crippen molar-refractivity contribution >= 4 is 17.7 Å². The van der Waals surface area contributed by atoms with Crippen LogP contribution in [0.15, 0.2) is 65.5 Å². The van der Waals surface area contributed by atoms with Crippen molar-refractivity contribution in [2.24, 2.45) is 0 Å². The number of benzene rings is 2. The molecule has 0 unspecified atom stereocenters. The molecule has 4 rings (SSSR count). The number of rotatable bonds is 9. The number of nitrogens with zero attached hydrogens (tertiary/aromatic N) is 3. The van der Waals surface area contributed by atoms with Crippen molar-refractivity contribution in [3.05, 3.63) is 82.5 Å². The van der Waals surface area contributed by atoms with Gasteiger partial charge in [-0.15, -0.1) is 11.8 Å². The summed E-state index contributed by atoms with van der Waals surface area (Å²) in [5.41, 5.74) is 1.90.